The number of anilines is 1. The van der Waals surface area contributed by atoms with Crippen molar-refractivity contribution in [1.82, 2.24) is 5.32 Å². The molecule has 0 bridgehead atoms. The van der Waals surface area contributed by atoms with Gasteiger partial charge in [0.25, 0.3) is 5.91 Å². The average molecular weight is 407 g/mol. The molecule has 2 aliphatic rings. The van der Waals surface area contributed by atoms with Gasteiger partial charge in [-0.2, -0.15) is 0 Å². The minimum Gasteiger partial charge on any atom is -0.362 e. The summed E-state index contributed by atoms with van der Waals surface area (Å²) in [5.74, 6) is -0.346. The molecule has 1 aromatic carbocycles. The smallest absolute Gasteiger partial charge is 0.254 e. The number of nitrogens with one attached hydrogen (secondary N) is 2. The Labute approximate surface area is 175 Å². The Morgan fingerprint density at radius 1 is 1.14 bits per heavy atom. The summed E-state index contributed by atoms with van der Waals surface area (Å²) < 4.78 is 0. The van der Waals surface area contributed by atoms with E-state index >= 15 is 0 Å². The zero-order valence-corrected chi connectivity index (χ0v) is 18.1. The Kier molecular flexibility index (Phi) is 4.95. The van der Waals surface area contributed by atoms with Gasteiger partial charge in [-0.15, -0.1) is 11.3 Å². The van der Waals surface area contributed by atoms with Crippen molar-refractivity contribution in [3.8, 4) is 0 Å². The molecular weight excluding hydrogens is 380 g/mol. The summed E-state index contributed by atoms with van der Waals surface area (Å²) in [5, 5.41) is 8.47. The lowest BCUT2D eigenvalue weighted by Gasteiger charge is -2.39. The fraction of sp³-hybridized carbons (Fsp3) is 0.333. The van der Waals surface area contributed by atoms with Crippen LogP contribution in [0, 0.1) is 12.3 Å². The normalized spacial score (nSPS) is 21.0. The summed E-state index contributed by atoms with van der Waals surface area (Å²) in [6.45, 7) is 8.15. The van der Waals surface area contributed by atoms with Gasteiger partial charge in [0.15, 0.2) is 5.78 Å². The first-order chi connectivity index (χ1) is 13.8. The highest BCUT2D eigenvalue weighted by Gasteiger charge is 2.43. The fourth-order valence-corrected chi connectivity index (χ4v) is 5.22. The molecule has 29 heavy (non-hydrogen) atoms. The van der Waals surface area contributed by atoms with E-state index in [1.165, 1.54) is 0 Å². The minimum absolute atomic E-state index is 0.0793. The highest BCUT2D eigenvalue weighted by molar-refractivity contribution is 7.10. The first-order valence-electron chi connectivity index (χ1n) is 9.91. The van der Waals surface area contributed by atoms with Crippen molar-refractivity contribution in [3.05, 3.63) is 74.8 Å². The molecule has 2 N–H and O–H groups in total. The third-order valence-electron chi connectivity index (χ3n) is 5.71. The first-order valence-corrected chi connectivity index (χ1v) is 10.8. The number of ketones is 1. The number of amides is 1. The molecule has 0 fully saturated rings. The van der Waals surface area contributed by atoms with Crippen molar-refractivity contribution in [3.63, 3.8) is 0 Å². The summed E-state index contributed by atoms with van der Waals surface area (Å²) in [4.78, 5) is 27.6. The van der Waals surface area contributed by atoms with Gasteiger partial charge < -0.3 is 10.6 Å². The van der Waals surface area contributed by atoms with E-state index in [0.29, 0.717) is 12.0 Å². The van der Waals surface area contributed by atoms with E-state index in [1.54, 1.807) is 11.3 Å². The molecule has 4 nitrogen and oxygen atoms in total. The second-order valence-electron chi connectivity index (χ2n) is 8.71. The Morgan fingerprint density at radius 3 is 2.59 bits per heavy atom. The number of benzene rings is 1. The lowest BCUT2D eigenvalue weighted by atomic mass is 9.69. The maximum Gasteiger partial charge on any atom is 0.254 e. The van der Waals surface area contributed by atoms with Crippen LogP contribution in [0.1, 0.15) is 50.0 Å². The van der Waals surface area contributed by atoms with Crippen LogP contribution in [0.4, 0.5) is 5.69 Å². The molecule has 0 saturated carbocycles. The molecule has 0 radical (unpaired) electrons. The number of aryl methyl sites for hydroxylation is 1. The van der Waals surface area contributed by atoms with Crippen LogP contribution in [0.5, 0.6) is 0 Å². The monoisotopic (exact) mass is 406 g/mol. The molecule has 5 heteroatoms. The van der Waals surface area contributed by atoms with Crippen molar-refractivity contribution < 1.29 is 9.59 Å². The molecule has 0 unspecified atom stereocenters. The molecule has 0 spiro atoms. The highest BCUT2D eigenvalue weighted by Crippen LogP contribution is 2.47. The molecule has 1 atom stereocenters. The van der Waals surface area contributed by atoms with E-state index in [4.69, 9.17) is 0 Å². The molecule has 2 aromatic rings. The summed E-state index contributed by atoms with van der Waals surface area (Å²) in [7, 11) is 0. The number of Topliss-reactive ketones (excluding diaryl/α,β-unsaturated/α-hetero) is 1. The largest absolute Gasteiger partial charge is 0.362 e. The van der Waals surface area contributed by atoms with Gasteiger partial charge in [0.2, 0.25) is 0 Å². The summed E-state index contributed by atoms with van der Waals surface area (Å²) >= 11 is 1.59. The quantitative estimate of drug-likeness (QED) is 0.727. The maximum atomic E-state index is 13.4. The third-order valence-corrected chi connectivity index (χ3v) is 6.64. The Balaban J connectivity index is 1.78. The maximum absolute atomic E-state index is 13.4. The number of rotatable bonds is 3. The molecular formula is C24H26N2O2S. The van der Waals surface area contributed by atoms with Crippen molar-refractivity contribution >= 4 is 28.7 Å². The van der Waals surface area contributed by atoms with Gasteiger partial charge in [-0.3, -0.25) is 9.59 Å². The number of hydrogen-bond donors (Lipinski definition) is 2. The van der Waals surface area contributed by atoms with Crippen molar-refractivity contribution in [2.45, 2.75) is 46.5 Å². The van der Waals surface area contributed by atoms with Gasteiger partial charge in [0, 0.05) is 39.5 Å². The van der Waals surface area contributed by atoms with Crippen LogP contribution >= 0.6 is 11.3 Å². The molecule has 1 aliphatic carbocycles. The van der Waals surface area contributed by atoms with E-state index in [-0.39, 0.29) is 23.0 Å². The van der Waals surface area contributed by atoms with Gasteiger partial charge in [0.1, 0.15) is 0 Å². The summed E-state index contributed by atoms with van der Waals surface area (Å²) in [6, 6.07) is 11.7. The SMILES string of the molecule is CC1=C(C(=O)Nc2ccccc2C)[C@H](c2cccs2)C2=C(CC(C)(C)CC2=O)N1. The number of hydrogen-bond acceptors (Lipinski definition) is 4. The second-order valence-corrected chi connectivity index (χ2v) is 9.69. The van der Waals surface area contributed by atoms with Crippen molar-refractivity contribution in [1.29, 1.82) is 0 Å². The minimum atomic E-state index is -0.320. The lowest BCUT2D eigenvalue weighted by Crippen LogP contribution is -2.39. The second kappa shape index (κ2) is 7.30. The van der Waals surface area contributed by atoms with Gasteiger partial charge in [-0.25, -0.2) is 0 Å². The molecule has 4 rings (SSSR count). The number of allylic oxidation sites excluding steroid dienone is 3. The van der Waals surface area contributed by atoms with Crippen LogP contribution in [-0.2, 0) is 9.59 Å². The van der Waals surface area contributed by atoms with Gasteiger partial charge in [-0.1, -0.05) is 38.1 Å². The standard InChI is InChI=1S/C24H26N2O2S/c1-14-8-5-6-9-16(14)26-23(28)20-15(2)25-17-12-24(3,4)13-18(27)21(17)22(20)19-10-7-11-29-19/h5-11,22,25H,12-13H2,1-4H3,(H,26,28)/t22-/m0/s1. The van der Waals surface area contributed by atoms with Gasteiger partial charge in [-0.05, 0) is 48.8 Å². The Hall–Kier alpha value is -2.66. The first kappa shape index (κ1) is 19.6. The summed E-state index contributed by atoms with van der Waals surface area (Å²) in [5.41, 5.74) is 4.89. The van der Waals surface area contributed by atoms with E-state index in [0.717, 1.165) is 39.5 Å². The van der Waals surface area contributed by atoms with E-state index in [9.17, 15) is 9.59 Å². The Bertz CT molecular complexity index is 1040. The number of para-hydroxylation sites is 1. The average Bonchev–Trinajstić information content (AvgIpc) is 3.15. The van der Waals surface area contributed by atoms with Crippen molar-refractivity contribution in [2.24, 2.45) is 5.41 Å². The van der Waals surface area contributed by atoms with Crippen molar-refractivity contribution in [2.75, 3.05) is 5.32 Å². The molecule has 1 amide bonds. The third kappa shape index (κ3) is 3.67. The number of dihydropyridines is 1. The summed E-state index contributed by atoms with van der Waals surface area (Å²) in [6.07, 6.45) is 1.31. The zero-order valence-electron chi connectivity index (χ0n) is 17.3. The zero-order chi connectivity index (χ0) is 20.8. The van der Waals surface area contributed by atoms with E-state index in [1.807, 2.05) is 55.6 Å². The molecule has 150 valence electrons. The highest BCUT2D eigenvalue weighted by atomic mass is 32.1. The van der Waals surface area contributed by atoms with Crippen LogP contribution in [0.2, 0.25) is 0 Å². The van der Waals surface area contributed by atoms with Gasteiger partial charge >= 0.3 is 0 Å². The predicted octanol–water partition coefficient (Wildman–Crippen LogP) is 5.30. The Morgan fingerprint density at radius 2 is 1.90 bits per heavy atom. The van der Waals surface area contributed by atoms with Crippen LogP contribution in [0.15, 0.2) is 64.3 Å². The molecule has 0 saturated heterocycles. The van der Waals surface area contributed by atoms with Crippen LogP contribution < -0.4 is 10.6 Å². The number of thiophene rings is 1. The fourth-order valence-electron chi connectivity index (χ4n) is 4.38. The number of carbonyl (C=O) groups excluding carboxylic acids is 2. The molecule has 1 aliphatic heterocycles. The number of carbonyl (C=O) groups is 2. The van der Waals surface area contributed by atoms with Crippen LogP contribution in [-0.4, -0.2) is 11.7 Å². The topological polar surface area (TPSA) is 58.2 Å². The van der Waals surface area contributed by atoms with E-state index in [2.05, 4.69) is 24.5 Å². The van der Waals surface area contributed by atoms with Crippen LogP contribution in [0.25, 0.3) is 0 Å². The lowest BCUT2D eigenvalue weighted by molar-refractivity contribution is -0.118. The van der Waals surface area contributed by atoms with Crippen LogP contribution in [0.3, 0.4) is 0 Å². The predicted molar refractivity (Wildman–Crippen MR) is 118 cm³/mol. The molecule has 2 heterocycles. The van der Waals surface area contributed by atoms with Gasteiger partial charge in [0.05, 0.1) is 5.92 Å². The molecule has 1 aromatic heterocycles. The van der Waals surface area contributed by atoms with E-state index < -0.39 is 0 Å².